The highest BCUT2D eigenvalue weighted by molar-refractivity contribution is 5.88. The largest absolute Gasteiger partial charge is 0.480 e. The molecule has 4 nitrogen and oxygen atoms in total. The zero-order valence-corrected chi connectivity index (χ0v) is 12.9. The zero-order valence-electron chi connectivity index (χ0n) is 12.9. The number of halogens is 3. The van der Waals surface area contributed by atoms with Gasteiger partial charge >= 0.3 is 12.1 Å². The van der Waals surface area contributed by atoms with Gasteiger partial charge in [-0.3, -0.25) is 4.79 Å². The minimum Gasteiger partial charge on any atom is -0.480 e. The number of carboxylic acids is 1. The van der Waals surface area contributed by atoms with Gasteiger partial charge in [-0.1, -0.05) is 24.3 Å². The van der Waals surface area contributed by atoms with Crippen LogP contribution in [0.1, 0.15) is 36.8 Å². The summed E-state index contributed by atoms with van der Waals surface area (Å²) in [7, 11) is 0. The summed E-state index contributed by atoms with van der Waals surface area (Å²) >= 11 is 0. The van der Waals surface area contributed by atoms with E-state index >= 15 is 0 Å². The van der Waals surface area contributed by atoms with Crippen LogP contribution >= 0.6 is 0 Å². The second-order valence-electron chi connectivity index (χ2n) is 6.64. The normalized spacial score (nSPS) is 26.5. The van der Waals surface area contributed by atoms with Crippen LogP contribution in [-0.2, 0) is 21.4 Å². The number of carboxylic acid groups (broad SMARTS) is 1. The molecular formula is C17H18F3NO3. The Morgan fingerprint density at radius 2 is 2.04 bits per heavy atom. The van der Waals surface area contributed by atoms with Crippen LogP contribution in [0.2, 0.25) is 0 Å². The number of hydrogen-bond acceptors (Lipinski definition) is 2. The third kappa shape index (κ3) is 3.12. The van der Waals surface area contributed by atoms with E-state index in [2.05, 4.69) is 5.32 Å². The van der Waals surface area contributed by atoms with Gasteiger partial charge in [-0.25, -0.2) is 4.79 Å². The number of nitrogens with one attached hydrogen (secondary N) is 1. The predicted molar refractivity (Wildman–Crippen MR) is 79.4 cm³/mol. The molecule has 1 spiro atoms. The number of aliphatic carboxylic acids is 1. The third-order valence-electron chi connectivity index (χ3n) is 5.06. The topological polar surface area (TPSA) is 66.4 Å². The van der Waals surface area contributed by atoms with Crippen molar-refractivity contribution in [2.75, 3.05) is 0 Å². The van der Waals surface area contributed by atoms with E-state index in [1.807, 2.05) is 24.3 Å². The summed E-state index contributed by atoms with van der Waals surface area (Å²) in [6, 6.07) is 5.86. The van der Waals surface area contributed by atoms with Crippen LogP contribution in [0.15, 0.2) is 24.3 Å². The molecule has 0 unspecified atom stereocenters. The van der Waals surface area contributed by atoms with Gasteiger partial charge in [0.2, 0.25) is 5.91 Å². The molecule has 2 aliphatic rings. The van der Waals surface area contributed by atoms with E-state index in [-0.39, 0.29) is 5.41 Å². The Kier molecular flexibility index (Phi) is 4.05. The van der Waals surface area contributed by atoms with Crippen molar-refractivity contribution in [3.05, 3.63) is 35.4 Å². The maximum Gasteiger partial charge on any atom is 0.391 e. The van der Waals surface area contributed by atoms with Crippen LogP contribution < -0.4 is 5.32 Å². The first-order valence-corrected chi connectivity index (χ1v) is 7.91. The molecule has 0 heterocycles. The van der Waals surface area contributed by atoms with Crippen molar-refractivity contribution < 1.29 is 27.9 Å². The van der Waals surface area contributed by atoms with E-state index in [1.54, 1.807) is 0 Å². The number of carbonyl (C=O) groups is 2. The number of benzene rings is 1. The summed E-state index contributed by atoms with van der Waals surface area (Å²) in [5, 5.41) is 11.0. The lowest BCUT2D eigenvalue weighted by Crippen LogP contribution is -2.45. The van der Waals surface area contributed by atoms with Gasteiger partial charge in [-0.2, -0.15) is 13.2 Å². The molecule has 2 aliphatic carbocycles. The van der Waals surface area contributed by atoms with Crippen LogP contribution in [0, 0.1) is 5.92 Å². The fourth-order valence-corrected chi connectivity index (χ4v) is 3.88. The molecule has 1 saturated carbocycles. The average molecular weight is 341 g/mol. The van der Waals surface area contributed by atoms with Crippen molar-refractivity contribution in [3.63, 3.8) is 0 Å². The van der Waals surface area contributed by atoms with E-state index in [0.29, 0.717) is 6.42 Å². The predicted octanol–water partition coefficient (Wildman–Crippen LogP) is 2.80. The van der Waals surface area contributed by atoms with Gasteiger partial charge in [-0.05, 0) is 36.8 Å². The van der Waals surface area contributed by atoms with Crippen LogP contribution in [0.25, 0.3) is 0 Å². The molecule has 0 bridgehead atoms. The van der Waals surface area contributed by atoms with E-state index in [9.17, 15) is 22.8 Å². The summed E-state index contributed by atoms with van der Waals surface area (Å²) in [6.07, 6.45) is -2.99. The first-order chi connectivity index (χ1) is 11.2. The summed E-state index contributed by atoms with van der Waals surface area (Å²) in [5.74, 6) is -2.71. The van der Waals surface area contributed by atoms with E-state index < -0.39 is 36.4 Å². The SMILES string of the molecule is O=C(O)[C@H](CC(F)(F)F)NC(=O)[C@H]1C[C@]12CCCc1ccccc12. The Morgan fingerprint density at radius 3 is 2.71 bits per heavy atom. The van der Waals surface area contributed by atoms with E-state index in [4.69, 9.17) is 5.11 Å². The molecule has 0 saturated heterocycles. The van der Waals surface area contributed by atoms with Crippen molar-refractivity contribution in [2.24, 2.45) is 5.92 Å². The summed E-state index contributed by atoms with van der Waals surface area (Å²) in [5.41, 5.74) is 1.92. The van der Waals surface area contributed by atoms with Crippen LogP contribution in [0.5, 0.6) is 0 Å². The number of aryl methyl sites for hydroxylation is 1. The molecule has 3 atom stereocenters. The molecule has 1 fully saturated rings. The Balaban J connectivity index is 1.73. The van der Waals surface area contributed by atoms with Crippen molar-refractivity contribution in [2.45, 2.75) is 49.7 Å². The molecule has 1 amide bonds. The molecule has 1 aromatic carbocycles. The number of carbonyl (C=O) groups excluding carboxylic acids is 1. The molecule has 130 valence electrons. The van der Waals surface area contributed by atoms with Gasteiger partial charge in [0.1, 0.15) is 6.04 Å². The molecule has 2 N–H and O–H groups in total. The molecule has 0 aliphatic heterocycles. The summed E-state index contributed by atoms with van der Waals surface area (Å²) < 4.78 is 37.4. The lowest BCUT2D eigenvalue weighted by Gasteiger charge is -2.26. The quantitative estimate of drug-likeness (QED) is 0.885. The number of alkyl halides is 3. The van der Waals surface area contributed by atoms with E-state index in [1.165, 1.54) is 5.56 Å². The Labute approximate surface area is 137 Å². The summed E-state index contributed by atoms with van der Waals surface area (Å²) in [4.78, 5) is 23.4. The maximum atomic E-state index is 12.5. The lowest BCUT2D eigenvalue weighted by atomic mass is 9.78. The number of amides is 1. The number of fused-ring (bicyclic) bond motifs is 2. The number of rotatable bonds is 4. The third-order valence-corrected chi connectivity index (χ3v) is 5.06. The molecule has 3 rings (SSSR count). The van der Waals surface area contributed by atoms with Crippen LogP contribution in [0.4, 0.5) is 13.2 Å². The van der Waals surface area contributed by atoms with Crippen molar-refractivity contribution in [1.82, 2.24) is 5.32 Å². The first-order valence-electron chi connectivity index (χ1n) is 7.91. The van der Waals surface area contributed by atoms with E-state index in [0.717, 1.165) is 24.8 Å². The molecule has 0 radical (unpaired) electrons. The summed E-state index contributed by atoms with van der Waals surface area (Å²) in [6.45, 7) is 0. The Hall–Kier alpha value is -2.05. The molecule has 7 heteroatoms. The molecule has 1 aromatic rings. The zero-order chi connectivity index (χ0) is 17.5. The second-order valence-corrected chi connectivity index (χ2v) is 6.64. The van der Waals surface area contributed by atoms with Crippen molar-refractivity contribution >= 4 is 11.9 Å². The highest BCUT2D eigenvalue weighted by Gasteiger charge is 2.60. The highest BCUT2D eigenvalue weighted by Crippen LogP contribution is 2.60. The number of hydrogen-bond donors (Lipinski definition) is 2. The van der Waals surface area contributed by atoms with Gasteiger partial charge in [0.25, 0.3) is 0 Å². The van der Waals surface area contributed by atoms with Gasteiger partial charge in [0, 0.05) is 11.3 Å². The molecule has 24 heavy (non-hydrogen) atoms. The smallest absolute Gasteiger partial charge is 0.391 e. The van der Waals surface area contributed by atoms with Gasteiger partial charge < -0.3 is 10.4 Å². The first kappa shape index (κ1) is 16.8. The highest BCUT2D eigenvalue weighted by atomic mass is 19.4. The molecular weight excluding hydrogens is 323 g/mol. The van der Waals surface area contributed by atoms with Gasteiger partial charge in [0.05, 0.1) is 6.42 Å². The van der Waals surface area contributed by atoms with Crippen LogP contribution in [0.3, 0.4) is 0 Å². The molecule has 0 aromatic heterocycles. The Morgan fingerprint density at radius 1 is 1.33 bits per heavy atom. The van der Waals surface area contributed by atoms with Crippen LogP contribution in [-0.4, -0.2) is 29.2 Å². The fraction of sp³-hybridized carbons (Fsp3) is 0.529. The standard InChI is InChI=1S/C17H18F3NO3/c18-17(19,20)9-13(15(23)24)21-14(22)12-8-16(12)7-3-5-10-4-1-2-6-11(10)16/h1-2,4,6,12-13H,3,5,7-9H2,(H,21,22)(H,23,24)/t12-,13+,16+/m1/s1. The monoisotopic (exact) mass is 341 g/mol. The second kappa shape index (κ2) is 5.79. The maximum absolute atomic E-state index is 12.5. The fourth-order valence-electron chi connectivity index (χ4n) is 3.88. The minimum atomic E-state index is -4.64. The minimum absolute atomic E-state index is 0.333. The lowest BCUT2D eigenvalue weighted by molar-refractivity contribution is -0.160. The van der Waals surface area contributed by atoms with Gasteiger partial charge in [-0.15, -0.1) is 0 Å². The van der Waals surface area contributed by atoms with Crippen molar-refractivity contribution in [3.8, 4) is 0 Å². The average Bonchev–Trinajstić information content (AvgIpc) is 3.21. The Bertz CT molecular complexity index is 673. The van der Waals surface area contributed by atoms with Crippen molar-refractivity contribution in [1.29, 1.82) is 0 Å². The van der Waals surface area contributed by atoms with Gasteiger partial charge in [0.15, 0.2) is 0 Å².